The Morgan fingerprint density at radius 3 is 2.62 bits per heavy atom. The lowest BCUT2D eigenvalue weighted by Crippen LogP contribution is -2.17. The smallest absolute Gasteiger partial charge is 0.341 e. The number of carbonyl (C=O) groups is 1. The van der Waals surface area contributed by atoms with Crippen molar-refractivity contribution in [1.29, 1.82) is 5.26 Å². The standard InChI is InChI=1S/C15H14N4O2/c1-19(12-5-3-10(8-16)4-6-12)14-13(15(20)21-2)7-11(17)9-18-14/h3-7,9H,17H2,1-2H3. The number of hydrogen-bond acceptors (Lipinski definition) is 6. The van der Waals surface area contributed by atoms with Gasteiger partial charge in [0.05, 0.1) is 30.6 Å². The van der Waals surface area contributed by atoms with Gasteiger partial charge in [0, 0.05) is 12.7 Å². The van der Waals surface area contributed by atoms with Crippen molar-refractivity contribution < 1.29 is 9.53 Å². The third kappa shape index (κ3) is 2.92. The average molecular weight is 282 g/mol. The highest BCUT2D eigenvalue weighted by molar-refractivity contribution is 5.96. The lowest BCUT2D eigenvalue weighted by Gasteiger charge is -2.20. The highest BCUT2D eigenvalue weighted by atomic mass is 16.5. The van der Waals surface area contributed by atoms with Crippen LogP contribution in [0.5, 0.6) is 0 Å². The second kappa shape index (κ2) is 5.92. The van der Waals surface area contributed by atoms with Crippen LogP contribution in [0.2, 0.25) is 0 Å². The molecular formula is C15H14N4O2. The molecule has 1 aromatic heterocycles. The molecule has 1 heterocycles. The highest BCUT2D eigenvalue weighted by Gasteiger charge is 2.18. The summed E-state index contributed by atoms with van der Waals surface area (Å²) in [7, 11) is 3.07. The van der Waals surface area contributed by atoms with Crippen molar-refractivity contribution in [2.24, 2.45) is 0 Å². The third-order valence-corrected chi connectivity index (χ3v) is 2.99. The van der Waals surface area contributed by atoms with Crippen LogP contribution >= 0.6 is 0 Å². The van der Waals surface area contributed by atoms with Crippen LogP contribution < -0.4 is 10.6 Å². The molecule has 6 nitrogen and oxygen atoms in total. The summed E-state index contributed by atoms with van der Waals surface area (Å²) in [5.41, 5.74) is 7.68. The van der Waals surface area contributed by atoms with E-state index in [1.807, 2.05) is 0 Å². The number of nitrogens with two attached hydrogens (primary N) is 1. The Bertz CT molecular complexity index is 705. The summed E-state index contributed by atoms with van der Waals surface area (Å²) < 4.78 is 4.75. The van der Waals surface area contributed by atoms with Gasteiger partial charge in [-0.15, -0.1) is 0 Å². The first-order valence-corrected chi connectivity index (χ1v) is 6.14. The van der Waals surface area contributed by atoms with E-state index in [1.165, 1.54) is 19.4 Å². The Balaban J connectivity index is 2.44. The quantitative estimate of drug-likeness (QED) is 0.866. The topological polar surface area (TPSA) is 92.2 Å². The molecule has 2 rings (SSSR count). The maximum atomic E-state index is 11.8. The number of rotatable bonds is 3. The Hall–Kier alpha value is -3.07. The number of methoxy groups -OCH3 is 1. The zero-order chi connectivity index (χ0) is 15.4. The fourth-order valence-corrected chi connectivity index (χ4v) is 1.88. The molecule has 0 atom stereocenters. The van der Waals surface area contributed by atoms with Crippen LogP contribution in [-0.2, 0) is 4.74 Å². The number of pyridine rings is 1. The molecule has 0 aliphatic heterocycles. The van der Waals surface area contributed by atoms with Crippen molar-refractivity contribution in [2.75, 3.05) is 24.8 Å². The van der Waals surface area contributed by atoms with Crippen molar-refractivity contribution >= 4 is 23.2 Å². The average Bonchev–Trinajstić information content (AvgIpc) is 2.53. The van der Waals surface area contributed by atoms with Gasteiger partial charge in [-0.1, -0.05) is 0 Å². The Morgan fingerprint density at radius 2 is 2.05 bits per heavy atom. The fourth-order valence-electron chi connectivity index (χ4n) is 1.88. The van der Waals surface area contributed by atoms with Crippen molar-refractivity contribution in [3.63, 3.8) is 0 Å². The van der Waals surface area contributed by atoms with Gasteiger partial charge in [-0.25, -0.2) is 9.78 Å². The maximum Gasteiger partial charge on any atom is 0.341 e. The van der Waals surface area contributed by atoms with Gasteiger partial charge in [0.2, 0.25) is 0 Å². The highest BCUT2D eigenvalue weighted by Crippen LogP contribution is 2.26. The van der Waals surface area contributed by atoms with Gasteiger partial charge in [0.1, 0.15) is 11.4 Å². The van der Waals surface area contributed by atoms with Crippen LogP contribution in [0.4, 0.5) is 17.2 Å². The molecule has 0 aliphatic rings. The van der Waals surface area contributed by atoms with Gasteiger partial charge in [-0.3, -0.25) is 0 Å². The normalized spacial score (nSPS) is 9.76. The SMILES string of the molecule is COC(=O)c1cc(N)cnc1N(C)c1ccc(C#N)cc1. The van der Waals surface area contributed by atoms with Crippen molar-refractivity contribution in [1.82, 2.24) is 4.98 Å². The van der Waals surface area contributed by atoms with Crippen LogP contribution in [0.15, 0.2) is 36.5 Å². The number of nitrogens with zero attached hydrogens (tertiary/aromatic N) is 3. The molecule has 0 saturated carbocycles. The molecule has 0 bridgehead atoms. The summed E-state index contributed by atoms with van der Waals surface area (Å²) in [6, 6.07) is 10.5. The molecule has 106 valence electrons. The maximum absolute atomic E-state index is 11.8. The first-order valence-electron chi connectivity index (χ1n) is 6.14. The summed E-state index contributed by atoms with van der Waals surface area (Å²) in [5, 5.41) is 8.81. The molecule has 21 heavy (non-hydrogen) atoms. The van der Waals surface area contributed by atoms with E-state index in [1.54, 1.807) is 36.2 Å². The molecule has 2 aromatic rings. The second-order valence-corrected chi connectivity index (χ2v) is 4.35. The molecule has 0 saturated heterocycles. The van der Waals surface area contributed by atoms with Crippen LogP contribution in [0.25, 0.3) is 0 Å². The first kappa shape index (κ1) is 14.3. The molecule has 0 radical (unpaired) electrons. The predicted molar refractivity (Wildman–Crippen MR) is 79.2 cm³/mol. The van der Waals surface area contributed by atoms with Crippen LogP contribution in [-0.4, -0.2) is 25.1 Å². The number of aromatic nitrogens is 1. The molecule has 0 spiro atoms. The number of benzene rings is 1. The monoisotopic (exact) mass is 282 g/mol. The molecule has 0 aliphatic carbocycles. The lowest BCUT2D eigenvalue weighted by atomic mass is 10.2. The van der Waals surface area contributed by atoms with E-state index < -0.39 is 5.97 Å². The van der Waals surface area contributed by atoms with Gasteiger partial charge >= 0.3 is 5.97 Å². The molecule has 2 N–H and O–H groups in total. The van der Waals surface area contributed by atoms with Crippen molar-refractivity contribution in [3.05, 3.63) is 47.7 Å². The molecule has 0 unspecified atom stereocenters. The third-order valence-electron chi connectivity index (χ3n) is 2.99. The van der Waals surface area contributed by atoms with Gasteiger partial charge in [-0.05, 0) is 30.3 Å². The summed E-state index contributed by atoms with van der Waals surface area (Å²) in [6.07, 6.45) is 1.47. The number of esters is 1. The minimum absolute atomic E-state index is 0.282. The summed E-state index contributed by atoms with van der Waals surface area (Å²) in [5.74, 6) is -0.0777. The van der Waals surface area contributed by atoms with Gasteiger partial charge in [-0.2, -0.15) is 5.26 Å². The van der Waals surface area contributed by atoms with E-state index in [0.717, 1.165) is 5.69 Å². The first-order chi connectivity index (χ1) is 10.1. The number of nitriles is 1. The van der Waals surface area contributed by atoms with E-state index in [0.29, 0.717) is 17.1 Å². The molecular weight excluding hydrogens is 268 g/mol. The number of nitrogen functional groups attached to an aromatic ring is 1. The van der Waals surface area contributed by atoms with Crippen molar-refractivity contribution in [3.8, 4) is 6.07 Å². The van der Waals surface area contributed by atoms with Gasteiger partial charge in [0.15, 0.2) is 0 Å². The molecule has 0 amide bonds. The Kier molecular flexibility index (Phi) is 4.05. The Morgan fingerprint density at radius 1 is 1.38 bits per heavy atom. The van der Waals surface area contributed by atoms with E-state index in [2.05, 4.69) is 11.1 Å². The summed E-state index contributed by atoms with van der Waals surface area (Å²) >= 11 is 0. The fraction of sp³-hybridized carbons (Fsp3) is 0.133. The Labute approximate surface area is 122 Å². The number of carbonyl (C=O) groups excluding carboxylic acids is 1. The largest absolute Gasteiger partial charge is 0.465 e. The molecule has 1 aromatic carbocycles. The number of ether oxygens (including phenoxy) is 1. The zero-order valence-corrected chi connectivity index (χ0v) is 11.7. The van der Waals surface area contributed by atoms with Gasteiger partial charge in [0.25, 0.3) is 0 Å². The van der Waals surface area contributed by atoms with Crippen LogP contribution in [0.1, 0.15) is 15.9 Å². The second-order valence-electron chi connectivity index (χ2n) is 4.35. The van der Waals surface area contributed by atoms with Gasteiger partial charge < -0.3 is 15.4 Å². The lowest BCUT2D eigenvalue weighted by molar-refractivity contribution is 0.0601. The van der Waals surface area contributed by atoms with Crippen LogP contribution in [0, 0.1) is 11.3 Å². The van der Waals surface area contributed by atoms with Crippen LogP contribution in [0.3, 0.4) is 0 Å². The minimum Gasteiger partial charge on any atom is -0.465 e. The number of hydrogen-bond donors (Lipinski definition) is 1. The summed E-state index contributed by atoms with van der Waals surface area (Å²) in [4.78, 5) is 17.8. The van der Waals surface area contributed by atoms with E-state index >= 15 is 0 Å². The van der Waals surface area contributed by atoms with E-state index in [4.69, 9.17) is 15.7 Å². The van der Waals surface area contributed by atoms with E-state index in [-0.39, 0.29) is 5.56 Å². The van der Waals surface area contributed by atoms with E-state index in [9.17, 15) is 4.79 Å². The number of anilines is 3. The van der Waals surface area contributed by atoms with Crippen molar-refractivity contribution in [2.45, 2.75) is 0 Å². The summed E-state index contributed by atoms with van der Waals surface area (Å²) in [6.45, 7) is 0. The predicted octanol–water partition coefficient (Wildman–Crippen LogP) is 2.09. The minimum atomic E-state index is -0.509. The molecule has 0 fully saturated rings. The zero-order valence-electron chi connectivity index (χ0n) is 11.7. The molecule has 6 heteroatoms.